The molecule has 0 aliphatic carbocycles. The van der Waals surface area contributed by atoms with Crippen LogP contribution in [0.2, 0.25) is 18.6 Å². The standard InChI is InChI=1S/C39H54N2O6Si/c1-26(2)11-9-12-27(3)20-22-41-34-19-16-31(46-6)23-33(34)39(38(41)44)28(4)37(48(7,8)32-17-14-30(45-5)15-18-32)35(47-39)24-36(43)40-21-10-13-29(40)25-42/h11,14-20,23,28-29,35,37,42H,9-10,12-13,21-22,24-25H2,1-8H3/b27-20+/t28-,29-,35+,37-,39+/m0/s1. The number of fused-ring (bicyclic) bond motifs is 2. The van der Waals surface area contributed by atoms with Gasteiger partial charge in [-0.15, -0.1) is 0 Å². The highest BCUT2D eigenvalue weighted by atomic mass is 28.3. The van der Waals surface area contributed by atoms with E-state index in [2.05, 4.69) is 65.1 Å². The molecule has 3 aliphatic heterocycles. The minimum absolute atomic E-state index is 0.0200. The second kappa shape index (κ2) is 14.6. The fourth-order valence-corrected chi connectivity index (χ4v) is 12.4. The normalized spacial score (nSPS) is 25.5. The average Bonchev–Trinajstić information content (AvgIpc) is 3.73. The second-order valence-corrected chi connectivity index (χ2v) is 19.3. The van der Waals surface area contributed by atoms with Crippen molar-refractivity contribution in [2.45, 2.75) is 96.2 Å². The van der Waals surface area contributed by atoms with Crippen LogP contribution in [0.15, 0.2) is 65.8 Å². The first-order valence-electron chi connectivity index (χ1n) is 17.4. The van der Waals surface area contributed by atoms with E-state index in [1.165, 1.54) is 16.3 Å². The number of methoxy groups -OCH3 is 2. The van der Waals surface area contributed by atoms with Gasteiger partial charge in [-0.2, -0.15) is 0 Å². The topological polar surface area (TPSA) is 88.5 Å². The predicted molar refractivity (Wildman–Crippen MR) is 194 cm³/mol. The summed E-state index contributed by atoms with van der Waals surface area (Å²) in [4.78, 5) is 32.6. The largest absolute Gasteiger partial charge is 0.497 e. The highest BCUT2D eigenvalue weighted by Crippen LogP contribution is 2.60. The monoisotopic (exact) mass is 674 g/mol. The summed E-state index contributed by atoms with van der Waals surface area (Å²) in [6, 6.07) is 13.9. The number of aliphatic hydroxyl groups excluding tert-OH is 1. The van der Waals surface area contributed by atoms with E-state index in [4.69, 9.17) is 14.2 Å². The average molecular weight is 675 g/mol. The zero-order valence-electron chi connectivity index (χ0n) is 30.0. The molecule has 2 saturated heterocycles. The molecule has 2 amide bonds. The molecule has 1 spiro atoms. The van der Waals surface area contributed by atoms with Crippen molar-refractivity contribution in [2.75, 3.05) is 38.8 Å². The summed E-state index contributed by atoms with van der Waals surface area (Å²) < 4.78 is 18.3. The molecule has 0 aromatic heterocycles. The number of likely N-dealkylation sites (tertiary alicyclic amines) is 1. The number of ether oxygens (including phenoxy) is 3. The van der Waals surface area contributed by atoms with Crippen LogP contribution in [0.4, 0.5) is 5.69 Å². The van der Waals surface area contributed by atoms with Crippen molar-refractivity contribution in [3.63, 3.8) is 0 Å². The highest BCUT2D eigenvalue weighted by molar-refractivity contribution is 6.91. The Balaban J connectivity index is 1.57. The minimum atomic E-state index is -2.41. The Labute approximate surface area is 287 Å². The Morgan fingerprint density at radius 2 is 1.75 bits per heavy atom. The van der Waals surface area contributed by atoms with Crippen LogP contribution in [0.3, 0.4) is 0 Å². The molecular weight excluding hydrogens is 621 g/mol. The number of benzene rings is 2. The fourth-order valence-electron chi connectivity index (χ4n) is 8.38. The molecule has 8 nitrogen and oxygen atoms in total. The fraction of sp³-hybridized carbons (Fsp3) is 0.538. The third-order valence-electron chi connectivity index (χ3n) is 11.0. The van der Waals surface area contributed by atoms with E-state index in [1.54, 1.807) is 14.2 Å². The molecule has 9 heteroatoms. The van der Waals surface area contributed by atoms with Crippen LogP contribution in [0, 0.1) is 5.92 Å². The number of carbonyl (C=O) groups excluding carboxylic acids is 2. The van der Waals surface area contributed by atoms with Gasteiger partial charge in [0, 0.05) is 24.6 Å². The number of nitrogens with zero attached hydrogens (tertiary/aromatic N) is 2. The summed E-state index contributed by atoms with van der Waals surface area (Å²) in [5, 5.41) is 11.2. The second-order valence-electron chi connectivity index (χ2n) is 14.6. The van der Waals surface area contributed by atoms with Crippen molar-refractivity contribution in [2.24, 2.45) is 5.92 Å². The molecular formula is C39H54N2O6Si. The zero-order chi connectivity index (χ0) is 34.8. The number of rotatable bonds is 12. The van der Waals surface area contributed by atoms with Gasteiger partial charge in [-0.3, -0.25) is 9.59 Å². The third kappa shape index (κ3) is 6.61. The summed E-state index contributed by atoms with van der Waals surface area (Å²) >= 11 is 0. The molecule has 0 saturated carbocycles. The molecule has 2 fully saturated rings. The highest BCUT2D eigenvalue weighted by Gasteiger charge is 2.66. The van der Waals surface area contributed by atoms with Gasteiger partial charge >= 0.3 is 0 Å². The van der Waals surface area contributed by atoms with Gasteiger partial charge in [0.15, 0.2) is 5.60 Å². The molecule has 5 rings (SSSR count). The number of carbonyl (C=O) groups is 2. The van der Waals surface area contributed by atoms with E-state index in [1.807, 2.05) is 40.1 Å². The maximum atomic E-state index is 15.0. The Bertz CT molecular complexity index is 1550. The zero-order valence-corrected chi connectivity index (χ0v) is 31.0. The third-order valence-corrected chi connectivity index (χ3v) is 15.4. The van der Waals surface area contributed by atoms with E-state index < -0.39 is 19.8 Å². The van der Waals surface area contributed by atoms with Gasteiger partial charge in [0.1, 0.15) is 11.5 Å². The number of amides is 2. The van der Waals surface area contributed by atoms with Crippen LogP contribution in [-0.2, 0) is 19.9 Å². The Morgan fingerprint density at radius 1 is 1.06 bits per heavy atom. The van der Waals surface area contributed by atoms with Crippen molar-refractivity contribution >= 4 is 30.8 Å². The van der Waals surface area contributed by atoms with E-state index >= 15 is 0 Å². The van der Waals surface area contributed by atoms with Gasteiger partial charge in [0.25, 0.3) is 5.91 Å². The Hall–Kier alpha value is -3.40. The van der Waals surface area contributed by atoms with Crippen molar-refractivity contribution < 1.29 is 28.9 Å². The van der Waals surface area contributed by atoms with E-state index in [9.17, 15) is 14.7 Å². The van der Waals surface area contributed by atoms with E-state index in [0.717, 1.165) is 42.7 Å². The molecule has 2 aromatic rings. The summed E-state index contributed by atoms with van der Waals surface area (Å²) in [7, 11) is 0.892. The number of allylic oxidation sites excluding steroid dienone is 3. The molecule has 260 valence electrons. The number of aliphatic hydroxyl groups is 1. The van der Waals surface area contributed by atoms with Gasteiger partial charge in [-0.1, -0.05) is 60.6 Å². The van der Waals surface area contributed by atoms with Gasteiger partial charge < -0.3 is 29.1 Å². The smallest absolute Gasteiger partial charge is 0.264 e. The van der Waals surface area contributed by atoms with Gasteiger partial charge in [-0.25, -0.2) is 0 Å². The maximum absolute atomic E-state index is 15.0. The first-order valence-corrected chi connectivity index (χ1v) is 20.5. The van der Waals surface area contributed by atoms with Crippen LogP contribution in [0.1, 0.15) is 65.4 Å². The van der Waals surface area contributed by atoms with Crippen LogP contribution in [0.25, 0.3) is 0 Å². The van der Waals surface area contributed by atoms with E-state index in [-0.39, 0.29) is 42.3 Å². The lowest BCUT2D eigenvalue weighted by molar-refractivity contribution is -0.149. The summed E-state index contributed by atoms with van der Waals surface area (Å²) in [6.45, 7) is 14.2. The quantitative estimate of drug-likeness (QED) is 0.209. The molecule has 0 unspecified atom stereocenters. The van der Waals surface area contributed by atoms with Gasteiger partial charge in [-0.05, 0) is 82.3 Å². The molecule has 5 atom stereocenters. The molecule has 3 aliphatic rings. The lowest BCUT2D eigenvalue weighted by atomic mass is 9.82. The molecule has 1 N–H and O–H groups in total. The van der Waals surface area contributed by atoms with Gasteiger partial charge in [0.2, 0.25) is 5.91 Å². The molecule has 2 aromatic carbocycles. The van der Waals surface area contributed by atoms with Crippen molar-refractivity contribution in [3.05, 3.63) is 71.3 Å². The Morgan fingerprint density at radius 3 is 2.40 bits per heavy atom. The molecule has 48 heavy (non-hydrogen) atoms. The molecule has 3 heterocycles. The van der Waals surface area contributed by atoms with Crippen LogP contribution in [-0.4, -0.2) is 76.0 Å². The molecule has 0 bridgehead atoms. The summed E-state index contributed by atoms with van der Waals surface area (Å²) in [6.07, 6.45) is 7.64. The number of hydrogen-bond acceptors (Lipinski definition) is 6. The molecule has 0 radical (unpaired) electrons. The SMILES string of the molecule is COc1ccc([Si](C)(C)[C@@H]2[C@@H](CC(=O)N3CCC[C@H]3CO)O[C@]3(C(=O)N(C/C=C(\C)CCC=C(C)C)c4ccc(OC)cc43)[C@H]2C)cc1. The number of hydrogen-bond donors (Lipinski definition) is 1. The predicted octanol–water partition coefficient (Wildman–Crippen LogP) is 6.33. The van der Waals surface area contributed by atoms with E-state index in [0.29, 0.717) is 18.8 Å². The van der Waals surface area contributed by atoms with Crippen molar-refractivity contribution in [3.8, 4) is 11.5 Å². The maximum Gasteiger partial charge on any atom is 0.264 e. The van der Waals surface area contributed by atoms with Crippen LogP contribution >= 0.6 is 0 Å². The van der Waals surface area contributed by atoms with Crippen LogP contribution < -0.4 is 19.6 Å². The first kappa shape index (κ1) is 35.9. The van der Waals surface area contributed by atoms with Crippen molar-refractivity contribution in [1.29, 1.82) is 0 Å². The summed E-state index contributed by atoms with van der Waals surface area (Å²) in [5.41, 5.74) is 2.85. The summed E-state index contributed by atoms with van der Waals surface area (Å²) in [5.74, 6) is 1.13. The lowest BCUT2D eigenvalue weighted by Crippen LogP contribution is -2.52. The first-order chi connectivity index (χ1) is 22.9. The Kier molecular flexibility index (Phi) is 10.9. The van der Waals surface area contributed by atoms with Crippen LogP contribution in [0.5, 0.6) is 11.5 Å². The van der Waals surface area contributed by atoms with Gasteiger partial charge in [0.05, 0.1) is 53.2 Å². The number of anilines is 1. The minimum Gasteiger partial charge on any atom is -0.497 e. The van der Waals surface area contributed by atoms with Crippen molar-refractivity contribution in [1.82, 2.24) is 4.90 Å². The lowest BCUT2D eigenvalue weighted by Gasteiger charge is -2.37.